The van der Waals surface area contributed by atoms with Crippen LogP contribution in [0.3, 0.4) is 0 Å². The van der Waals surface area contributed by atoms with Gasteiger partial charge in [0.15, 0.2) is 5.78 Å². The molecule has 0 saturated carbocycles. The number of halogens is 3. The standard InChI is InChI=1S/C10H9ClF2O/c1-6(11)9(14)7-2-4-8(5-3-7)10(12)13/h2-6,10H,1H3. The molecular formula is C10H9ClF2O. The Hall–Kier alpha value is -0.960. The van der Waals surface area contributed by atoms with E-state index in [1.165, 1.54) is 24.3 Å². The summed E-state index contributed by atoms with van der Waals surface area (Å²) < 4.78 is 24.3. The minimum Gasteiger partial charge on any atom is -0.293 e. The van der Waals surface area contributed by atoms with Gasteiger partial charge in [-0.3, -0.25) is 4.79 Å². The largest absolute Gasteiger partial charge is 0.293 e. The fourth-order valence-electron chi connectivity index (χ4n) is 1.02. The highest BCUT2D eigenvalue weighted by Crippen LogP contribution is 2.19. The highest BCUT2D eigenvalue weighted by atomic mass is 35.5. The summed E-state index contributed by atoms with van der Waals surface area (Å²) in [5, 5.41) is -0.632. The van der Waals surface area contributed by atoms with Gasteiger partial charge in [-0.25, -0.2) is 8.78 Å². The number of ketones is 1. The molecule has 1 unspecified atom stereocenters. The Labute approximate surface area is 85.7 Å². The van der Waals surface area contributed by atoms with Gasteiger partial charge in [0, 0.05) is 11.1 Å². The molecule has 0 bridgehead atoms. The van der Waals surface area contributed by atoms with E-state index in [-0.39, 0.29) is 11.3 Å². The molecule has 0 radical (unpaired) electrons. The van der Waals surface area contributed by atoms with Gasteiger partial charge in [-0.1, -0.05) is 24.3 Å². The molecule has 0 heterocycles. The smallest absolute Gasteiger partial charge is 0.263 e. The Bertz CT molecular complexity index is 319. The molecule has 4 heteroatoms. The lowest BCUT2D eigenvalue weighted by Gasteiger charge is -2.03. The van der Waals surface area contributed by atoms with E-state index in [1.807, 2.05) is 0 Å². The molecule has 0 aromatic heterocycles. The van der Waals surface area contributed by atoms with Gasteiger partial charge >= 0.3 is 0 Å². The van der Waals surface area contributed by atoms with Gasteiger partial charge in [0.1, 0.15) is 0 Å². The van der Waals surface area contributed by atoms with Gasteiger partial charge in [-0.05, 0) is 6.92 Å². The van der Waals surface area contributed by atoms with Crippen LogP contribution < -0.4 is 0 Å². The van der Waals surface area contributed by atoms with Crippen molar-refractivity contribution in [3.8, 4) is 0 Å². The van der Waals surface area contributed by atoms with Crippen molar-refractivity contribution in [1.29, 1.82) is 0 Å². The summed E-state index contributed by atoms with van der Waals surface area (Å²) in [4.78, 5) is 11.3. The quantitative estimate of drug-likeness (QED) is 0.561. The van der Waals surface area contributed by atoms with Crippen LogP contribution in [-0.4, -0.2) is 11.2 Å². The zero-order valence-corrected chi connectivity index (χ0v) is 8.26. The zero-order valence-electron chi connectivity index (χ0n) is 7.51. The molecule has 0 N–H and O–H groups in total. The van der Waals surface area contributed by atoms with E-state index in [2.05, 4.69) is 0 Å². The second-order valence-electron chi connectivity index (χ2n) is 2.90. The Morgan fingerprint density at radius 3 is 2.14 bits per heavy atom. The number of carbonyl (C=O) groups excluding carboxylic acids is 1. The topological polar surface area (TPSA) is 17.1 Å². The van der Waals surface area contributed by atoms with Gasteiger partial charge in [-0.2, -0.15) is 0 Å². The maximum absolute atomic E-state index is 12.1. The number of benzene rings is 1. The molecule has 76 valence electrons. The molecule has 1 atom stereocenters. The van der Waals surface area contributed by atoms with Crippen molar-refractivity contribution in [1.82, 2.24) is 0 Å². The molecule has 0 saturated heterocycles. The molecule has 1 rings (SSSR count). The molecule has 0 amide bonds. The highest BCUT2D eigenvalue weighted by Gasteiger charge is 2.13. The Kier molecular flexibility index (Phi) is 3.58. The number of carbonyl (C=O) groups is 1. The van der Waals surface area contributed by atoms with E-state index in [0.717, 1.165) is 0 Å². The first-order valence-electron chi connectivity index (χ1n) is 4.08. The van der Waals surface area contributed by atoms with Crippen molar-refractivity contribution in [3.63, 3.8) is 0 Å². The fourth-order valence-corrected chi connectivity index (χ4v) is 1.15. The summed E-state index contributed by atoms with van der Waals surface area (Å²) in [6.07, 6.45) is -2.51. The van der Waals surface area contributed by atoms with Crippen molar-refractivity contribution in [2.24, 2.45) is 0 Å². The first-order valence-corrected chi connectivity index (χ1v) is 4.52. The average molecular weight is 219 g/mol. The van der Waals surface area contributed by atoms with Crippen LogP contribution in [0.5, 0.6) is 0 Å². The molecule has 0 aliphatic carbocycles. The third-order valence-corrected chi connectivity index (χ3v) is 2.01. The van der Waals surface area contributed by atoms with Gasteiger partial charge < -0.3 is 0 Å². The number of Topliss-reactive ketones (excluding diaryl/α,β-unsaturated/α-hetero) is 1. The maximum Gasteiger partial charge on any atom is 0.263 e. The van der Waals surface area contributed by atoms with Crippen LogP contribution in [0.15, 0.2) is 24.3 Å². The average Bonchev–Trinajstić information content (AvgIpc) is 2.16. The van der Waals surface area contributed by atoms with Gasteiger partial charge in [-0.15, -0.1) is 11.6 Å². The number of hydrogen-bond acceptors (Lipinski definition) is 1. The minimum atomic E-state index is -2.51. The third kappa shape index (κ3) is 2.51. The maximum atomic E-state index is 12.1. The van der Waals surface area contributed by atoms with Crippen LogP contribution in [0, 0.1) is 0 Å². The monoisotopic (exact) mass is 218 g/mol. The fraction of sp³-hybridized carbons (Fsp3) is 0.300. The van der Waals surface area contributed by atoms with Crippen molar-refractivity contribution < 1.29 is 13.6 Å². The van der Waals surface area contributed by atoms with Crippen molar-refractivity contribution >= 4 is 17.4 Å². The van der Waals surface area contributed by atoms with Crippen molar-refractivity contribution in [2.45, 2.75) is 18.7 Å². The van der Waals surface area contributed by atoms with E-state index >= 15 is 0 Å². The van der Waals surface area contributed by atoms with E-state index in [0.29, 0.717) is 5.56 Å². The van der Waals surface area contributed by atoms with Gasteiger partial charge in [0.2, 0.25) is 0 Å². The lowest BCUT2D eigenvalue weighted by atomic mass is 10.1. The zero-order chi connectivity index (χ0) is 10.7. The van der Waals surface area contributed by atoms with E-state index in [1.54, 1.807) is 6.92 Å². The number of hydrogen-bond donors (Lipinski definition) is 0. The molecule has 1 aromatic carbocycles. The third-order valence-electron chi connectivity index (χ3n) is 1.81. The minimum absolute atomic E-state index is 0.0937. The molecule has 0 aliphatic rings. The predicted octanol–water partition coefficient (Wildman–Crippen LogP) is 3.43. The molecule has 0 fully saturated rings. The van der Waals surface area contributed by atoms with Crippen molar-refractivity contribution in [3.05, 3.63) is 35.4 Å². The molecule has 0 aliphatic heterocycles. The van der Waals surface area contributed by atoms with Crippen LogP contribution >= 0.6 is 11.6 Å². The number of rotatable bonds is 3. The Morgan fingerprint density at radius 1 is 1.29 bits per heavy atom. The summed E-state index contributed by atoms with van der Waals surface area (Å²) in [5.41, 5.74) is 0.265. The Balaban J connectivity index is 2.89. The summed E-state index contributed by atoms with van der Waals surface area (Å²) >= 11 is 5.57. The second-order valence-corrected chi connectivity index (χ2v) is 3.56. The molecule has 1 aromatic rings. The summed E-state index contributed by atoms with van der Waals surface area (Å²) in [5.74, 6) is -0.257. The van der Waals surface area contributed by atoms with Crippen molar-refractivity contribution in [2.75, 3.05) is 0 Å². The summed E-state index contributed by atoms with van der Waals surface area (Å²) in [6, 6.07) is 5.19. The predicted molar refractivity (Wildman–Crippen MR) is 51.0 cm³/mol. The lowest BCUT2D eigenvalue weighted by Crippen LogP contribution is -2.10. The van der Waals surface area contributed by atoms with Crippen LogP contribution in [-0.2, 0) is 0 Å². The molecule has 0 spiro atoms. The van der Waals surface area contributed by atoms with E-state index in [9.17, 15) is 13.6 Å². The second kappa shape index (κ2) is 4.51. The molecule has 1 nitrogen and oxygen atoms in total. The van der Waals surface area contributed by atoms with Crippen LogP contribution in [0.1, 0.15) is 29.3 Å². The summed E-state index contributed by atoms with van der Waals surface area (Å²) in [6.45, 7) is 1.55. The normalized spacial score (nSPS) is 12.9. The molecule has 14 heavy (non-hydrogen) atoms. The Morgan fingerprint density at radius 2 is 1.79 bits per heavy atom. The van der Waals surface area contributed by atoms with Crippen LogP contribution in [0.2, 0.25) is 0 Å². The lowest BCUT2D eigenvalue weighted by molar-refractivity contribution is 0.0991. The van der Waals surface area contributed by atoms with Crippen LogP contribution in [0.25, 0.3) is 0 Å². The highest BCUT2D eigenvalue weighted by molar-refractivity contribution is 6.33. The first-order chi connectivity index (χ1) is 6.52. The van der Waals surface area contributed by atoms with Gasteiger partial charge in [0.25, 0.3) is 6.43 Å². The van der Waals surface area contributed by atoms with E-state index < -0.39 is 11.8 Å². The van der Waals surface area contributed by atoms with Crippen LogP contribution in [0.4, 0.5) is 8.78 Å². The molecular weight excluding hydrogens is 210 g/mol. The summed E-state index contributed by atoms with van der Waals surface area (Å²) in [7, 11) is 0. The number of alkyl halides is 3. The first kappa shape index (κ1) is 11.1. The van der Waals surface area contributed by atoms with E-state index in [4.69, 9.17) is 11.6 Å². The van der Waals surface area contributed by atoms with Gasteiger partial charge in [0.05, 0.1) is 5.38 Å². The SMILES string of the molecule is CC(Cl)C(=O)c1ccc(C(F)F)cc1.